The van der Waals surface area contributed by atoms with Crippen LogP contribution in [-0.4, -0.2) is 9.97 Å². The van der Waals surface area contributed by atoms with Gasteiger partial charge in [0.05, 0.1) is 15.9 Å². The maximum Gasteiger partial charge on any atom is 0.227 e. The van der Waals surface area contributed by atoms with Crippen LogP contribution in [0.3, 0.4) is 0 Å². The molecule has 3 nitrogen and oxygen atoms in total. The van der Waals surface area contributed by atoms with Crippen molar-refractivity contribution in [1.82, 2.24) is 9.97 Å². The fourth-order valence-electron chi connectivity index (χ4n) is 6.18. The lowest BCUT2D eigenvalue weighted by Gasteiger charge is -2.11. The maximum absolute atomic E-state index is 6.08. The second kappa shape index (κ2) is 10.0. The van der Waals surface area contributed by atoms with Crippen LogP contribution in [0.4, 0.5) is 0 Å². The molecule has 6 aromatic carbocycles. The molecular weight excluding hydrogens is 557 g/mol. The van der Waals surface area contributed by atoms with Gasteiger partial charge < -0.3 is 4.42 Å². The number of thiophene rings is 1. The van der Waals surface area contributed by atoms with Crippen LogP contribution in [-0.2, 0) is 0 Å². The Morgan fingerprint density at radius 1 is 0.500 bits per heavy atom. The van der Waals surface area contributed by atoms with Crippen LogP contribution in [0.5, 0.6) is 0 Å². The summed E-state index contributed by atoms with van der Waals surface area (Å²) < 4.78 is 7.27. The third kappa shape index (κ3) is 4.03. The molecule has 44 heavy (non-hydrogen) atoms. The van der Waals surface area contributed by atoms with E-state index >= 15 is 0 Å². The lowest BCUT2D eigenvalue weighted by molar-refractivity contribution is 0.620. The van der Waals surface area contributed by atoms with Crippen molar-refractivity contribution in [2.24, 2.45) is 0 Å². The Bertz CT molecular complexity index is 2460. The van der Waals surface area contributed by atoms with Gasteiger partial charge in [0.15, 0.2) is 5.58 Å². The molecule has 0 aliphatic rings. The summed E-state index contributed by atoms with van der Waals surface area (Å²) in [4.78, 5) is 11.2. The second-order valence-electron chi connectivity index (χ2n) is 11.0. The van der Waals surface area contributed by atoms with E-state index in [4.69, 9.17) is 14.4 Å². The highest BCUT2D eigenvalue weighted by atomic mass is 32.1. The van der Waals surface area contributed by atoms with Crippen molar-refractivity contribution >= 4 is 54.2 Å². The SMILES string of the molecule is c1ccc(-c2nc3ccccc3c3c(-c4ccc5ccccc5c4)c(-c4ccc(-c5nc6ccccc6o5)cc4)sc23)cc1. The lowest BCUT2D eigenvalue weighted by Crippen LogP contribution is -1.88. The van der Waals surface area contributed by atoms with E-state index in [1.807, 2.05) is 35.6 Å². The second-order valence-corrected chi connectivity index (χ2v) is 12.0. The van der Waals surface area contributed by atoms with Crippen LogP contribution in [0.25, 0.3) is 87.1 Å². The standard InChI is InChI=1S/C40H24N2OS/c1-2-11-26(12-3-1)37-39-36(31-14-6-7-15-32(31)41-37)35(30-23-18-25-10-4-5-13-29(25)24-30)38(44-39)27-19-21-28(22-20-27)40-42-33-16-8-9-17-34(33)43-40/h1-24H. The summed E-state index contributed by atoms with van der Waals surface area (Å²) in [5.41, 5.74) is 9.33. The largest absolute Gasteiger partial charge is 0.436 e. The Morgan fingerprint density at radius 3 is 2.02 bits per heavy atom. The zero-order valence-electron chi connectivity index (χ0n) is 23.6. The van der Waals surface area contributed by atoms with Crippen LogP contribution in [0.15, 0.2) is 150 Å². The first-order chi connectivity index (χ1) is 21.8. The predicted molar refractivity (Wildman–Crippen MR) is 184 cm³/mol. The zero-order valence-corrected chi connectivity index (χ0v) is 24.4. The van der Waals surface area contributed by atoms with E-state index in [2.05, 4.69) is 121 Å². The molecule has 4 heteroatoms. The molecule has 0 unspecified atom stereocenters. The molecule has 0 spiro atoms. The summed E-state index contributed by atoms with van der Waals surface area (Å²) in [6.45, 7) is 0. The van der Waals surface area contributed by atoms with Crippen LogP contribution in [0.2, 0.25) is 0 Å². The number of rotatable bonds is 4. The van der Waals surface area contributed by atoms with E-state index in [9.17, 15) is 0 Å². The van der Waals surface area contributed by atoms with E-state index in [1.165, 1.54) is 36.9 Å². The Labute approximate surface area is 257 Å². The molecule has 9 rings (SSSR count). The first kappa shape index (κ1) is 25.0. The molecule has 0 aliphatic carbocycles. The molecule has 0 atom stereocenters. The van der Waals surface area contributed by atoms with Gasteiger partial charge in [-0.3, -0.25) is 0 Å². The van der Waals surface area contributed by atoms with E-state index < -0.39 is 0 Å². The van der Waals surface area contributed by atoms with Crippen molar-refractivity contribution in [3.05, 3.63) is 146 Å². The summed E-state index contributed by atoms with van der Waals surface area (Å²) in [7, 11) is 0. The van der Waals surface area contributed by atoms with Gasteiger partial charge in [0, 0.05) is 32.3 Å². The van der Waals surface area contributed by atoms with E-state index in [0.717, 1.165) is 44.4 Å². The molecule has 0 radical (unpaired) electrons. The van der Waals surface area contributed by atoms with Gasteiger partial charge in [0.1, 0.15) is 5.52 Å². The molecule has 0 bridgehead atoms. The van der Waals surface area contributed by atoms with Gasteiger partial charge in [-0.2, -0.15) is 0 Å². The molecule has 3 aromatic heterocycles. The smallest absolute Gasteiger partial charge is 0.227 e. The summed E-state index contributed by atoms with van der Waals surface area (Å²) in [5.74, 6) is 0.630. The molecular formula is C40H24N2OS. The zero-order chi connectivity index (χ0) is 29.0. The fraction of sp³-hybridized carbons (Fsp3) is 0. The number of hydrogen-bond donors (Lipinski definition) is 0. The molecule has 0 saturated heterocycles. The topological polar surface area (TPSA) is 38.9 Å². The molecule has 206 valence electrons. The Morgan fingerprint density at radius 2 is 1.18 bits per heavy atom. The van der Waals surface area contributed by atoms with Crippen LogP contribution in [0.1, 0.15) is 0 Å². The highest BCUT2D eigenvalue weighted by molar-refractivity contribution is 7.23. The first-order valence-corrected chi connectivity index (χ1v) is 15.5. The maximum atomic E-state index is 6.08. The first-order valence-electron chi connectivity index (χ1n) is 14.7. The monoisotopic (exact) mass is 580 g/mol. The Balaban J connectivity index is 1.32. The van der Waals surface area contributed by atoms with Crippen LogP contribution >= 0.6 is 11.3 Å². The van der Waals surface area contributed by atoms with Gasteiger partial charge in [-0.1, -0.05) is 109 Å². The summed E-state index contributed by atoms with van der Waals surface area (Å²) >= 11 is 1.82. The molecule has 0 saturated carbocycles. The number of para-hydroxylation sites is 3. The molecule has 0 N–H and O–H groups in total. The number of aromatic nitrogens is 2. The molecule has 9 aromatic rings. The van der Waals surface area contributed by atoms with Gasteiger partial charge in [0.2, 0.25) is 5.89 Å². The van der Waals surface area contributed by atoms with Gasteiger partial charge >= 0.3 is 0 Å². The number of benzene rings is 6. The highest BCUT2D eigenvalue weighted by Crippen LogP contribution is 2.50. The number of fused-ring (bicyclic) bond motifs is 5. The number of nitrogens with zero attached hydrogens (tertiary/aromatic N) is 2. The minimum atomic E-state index is 0.630. The van der Waals surface area contributed by atoms with Gasteiger partial charge in [-0.05, 0) is 58.3 Å². The van der Waals surface area contributed by atoms with E-state index in [-0.39, 0.29) is 0 Å². The highest BCUT2D eigenvalue weighted by Gasteiger charge is 2.22. The quantitative estimate of drug-likeness (QED) is 0.208. The summed E-state index contributed by atoms with van der Waals surface area (Å²) in [6.07, 6.45) is 0. The van der Waals surface area contributed by atoms with Crippen LogP contribution < -0.4 is 0 Å². The predicted octanol–water partition coefficient (Wildman–Crippen LogP) is 11.4. The average molecular weight is 581 g/mol. The minimum absolute atomic E-state index is 0.630. The number of pyridine rings is 1. The van der Waals surface area contributed by atoms with Crippen molar-refractivity contribution in [1.29, 1.82) is 0 Å². The number of oxazole rings is 1. The Hall–Kier alpha value is -5.58. The van der Waals surface area contributed by atoms with Crippen molar-refractivity contribution < 1.29 is 4.42 Å². The number of hydrogen-bond acceptors (Lipinski definition) is 4. The molecule has 0 aliphatic heterocycles. The van der Waals surface area contributed by atoms with Gasteiger partial charge in [-0.25, -0.2) is 9.97 Å². The Kier molecular flexibility index (Phi) is 5.68. The van der Waals surface area contributed by atoms with E-state index in [0.29, 0.717) is 5.89 Å². The minimum Gasteiger partial charge on any atom is -0.436 e. The van der Waals surface area contributed by atoms with Crippen molar-refractivity contribution in [3.63, 3.8) is 0 Å². The van der Waals surface area contributed by atoms with Crippen molar-refractivity contribution in [2.45, 2.75) is 0 Å². The van der Waals surface area contributed by atoms with Crippen molar-refractivity contribution in [3.8, 4) is 44.3 Å². The third-order valence-electron chi connectivity index (χ3n) is 8.30. The third-order valence-corrected chi connectivity index (χ3v) is 9.55. The molecule has 0 amide bonds. The van der Waals surface area contributed by atoms with Crippen molar-refractivity contribution in [2.75, 3.05) is 0 Å². The lowest BCUT2D eigenvalue weighted by atomic mass is 9.94. The van der Waals surface area contributed by atoms with Crippen LogP contribution in [0, 0.1) is 0 Å². The van der Waals surface area contributed by atoms with Gasteiger partial charge in [0.25, 0.3) is 0 Å². The fourth-order valence-corrected chi connectivity index (χ4v) is 7.54. The normalized spacial score (nSPS) is 11.6. The molecule has 0 fully saturated rings. The molecule has 3 heterocycles. The van der Waals surface area contributed by atoms with E-state index in [1.54, 1.807) is 0 Å². The summed E-state index contributed by atoms with van der Waals surface area (Å²) in [6, 6.07) is 50.9. The summed E-state index contributed by atoms with van der Waals surface area (Å²) in [5, 5.41) is 4.86. The van der Waals surface area contributed by atoms with Gasteiger partial charge in [-0.15, -0.1) is 11.3 Å². The average Bonchev–Trinajstić information content (AvgIpc) is 3.71.